The van der Waals surface area contributed by atoms with Crippen molar-refractivity contribution >= 4 is 33.1 Å². The Morgan fingerprint density at radius 1 is 1.10 bits per heavy atom. The van der Waals surface area contributed by atoms with Crippen LogP contribution >= 0.6 is 11.6 Å². The van der Waals surface area contributed by atoms with E-state index in [1.807, 2.05) is 0 Å². The SMILES string of the molecule is O=[N+]([O-])c1ccc(S(=O)(=O)N2CCN(c3ncc(C(F)(F)F)cc3Cl)CC2)cc1. The van der Waals surface area contributed by atoms with Gasteiger partial charge in [0.2, 0.25) is 10.0 Å². The van der Waals surface area contributed by atoms with Crippen LogP contribution in [0.3, 0.4) is 0 Å². The number of sulfonamides is 1. The van der Waals surface area contributed by atoms with E-state index < -0.39 is 26.7 Å². The summed E-state index contributed by atoms with van der Waals surface area (Å²) in [5, 5.41) is 10.5. The number of benzene rings is 1. The zero-order valence-corrected chi connectivity index (χ0v) is 16.2. The Morgan fingerprint density at radius 2 is 1.69 bits per heavy atom. The smallest absolute Gasteiger partial charge is 0.353 e. The average molecular weight is 451 g/mol. The molecule has 29 heavy (non-hydrogen) atoms. The van der Waals surface area contributed by atoms with Gasteiger partial charge < -0.3 is 4.90 Å². The van der Waals surface area contributed by atoms with E-state index in [9.17, 15) is 31.7 Å². The Kier molecular flexibility index (Phi) is 5.70. The standard InChI is InChI=1S/C16H14ClF3N4O4S/c17-14-9-11(16(18,19)20)10-21-15(14)22-5-7-23(8-6-22)29(27,28)13-3-1-12(2-4-13)24(25)26/h1-4,9-10H,5-8H2. The second kappa shape index (κ2) is 7.76. The van der Waals surface area contributed by atoms with Crippen LogP contribution in [-0.4, -0.2) is 48.8 Å². The number of nitro groups is 1. The summed E-state index contributed by atoms with van der Waals surface area (Å²) < 4.78 is 64.8. The van der Waals surface area contributed by atoms with Gasteiger partial charge in [0.1, 0.15) is 5.82 Å². The highest BCUT2D eigenvalue weighted by Gasteiger charge is 2.33. The van der Waals surface area contributed by atoms with E-state index in [-0.39, 0.29) is 47.6 Å². The fraction of sp³-hybridized carbons (Fsp3) is 0.312. The lowest BCUT2D eigenvalue weighted by Gasteiger charge is -2.35. The van der Waals surface area contributed by atoms with E-state index in [4.69, 9.17) is 11.6 Å². The summed E-state index contributed by atoms with van der Waals surface area (Å²) in [6.07, 6.45) is -3.88. The Labute approximate surface area is 168 Å². The first-order chi connectivity index (χ1) is 13.5. The number of nitrogens with zero attached hydrogens (tertiary/aromatic N) is 4. The van der Waals surface area contributed by atoms with E-state index in [1.54, 1.807) is 4.90 Å². The van der Waals surface area contributed by atoms with Gasteiger partial charge >= 0.3 is 6.18 Å². The molecule has 0 N–H and O–H groups in total. The molecule has 1 aromatic carbocycles. The summed E-state index contributed by atoms with van der Waals surface area (Å²) >= 11 is 5.94. The van der Waals surface area contributed by atoms with Crippen molar-refractivity contribution in [2.24, 2.45) is 0 Å². The maximum Gasteiger partial charge on any atom is 0.417 e. The second-order valence-electron chi connectivity index (χ2n) is 6.17. The normalized spacial score (nSPS) is 16.1. The first-order valence-electron chi connectivity index (χ1n) is 8.22. The minimum Gasteiger partial charge on any atom is -0.353 e. The number of non-ortho nitro benzene ring substituents is 1. The fourth-order valence-corrected chi connectivity index (χ4v) is 4.56. The Bertz CT molecular complexity index is 1020. The van der Waals surface area contributed by atoms with Crippen molar-refractivity contribution in [1.82, 2.24) is 9.29 Å². The van der Waals surface area contributed by atoms with E-state index in [0.717, 1.165) is 30.3 Å². The van der Waals surface area contributed by atoms with Crippen LogP contribution in [0.5, 0.6) is 0 Å². The molecule has 1 saturated heterocycles. The number of hydrogen-bond donors (Lipinski definition) is 0. The number of rotatable bonds is 4. The van der Waals surface area contributed by atoms with Crippen molar-refractivity contribution in [3.63, 3.8) is 0 Å². The molecule has 2 aromatic rings. The number of anilines is 1. The molecular formula is C16H14ClF3N4O4S. The third kappa shape index (κ3) is 4.43. The summed E-state index contributed by atoms with van der Waals surface area (Å²) in [5.41, 5.74) is -1.19. The monoisotopic (exact) mass is 450 g/mol. The topological polar surface area (TPSA) is 96.6 Å². The zero-order chi connectivity index (χ0) is 21.4. The Balaban J connectivity index is 1.72. The molecule has 0 spiro atoms. The number of aromatic nitrogens is 1. The third-order valence-electron chi connectivity index (χ3n) is 4.37. The average Bonchev–Trinajstić information content (AvgIpc) is 2.67. The second-order valence-corrected chi connectivity index (χ2v) is 8.51. The van der Waals surface area contributed by atoms with Gasteiger partial charge in [-0.15, -0.1) is 0 Å². The molecule has 1 aliphatic rings. The highest BCUT2D eigenvalue weighted by molar-refractivity contribution is 7.89. The largest absolute Gasteiger partial charge is 0.417 e. The lowest BCUT2D eigenvalue weighted by molar-refractivity contribution is -0.384. The van der Waals surface area contributed by atoms with Gasteiger partial charge in [-0.25, -0.2) is 13.4 Å². The van der Waals surface area contributed by atoms with Crippen LogP contribution in [0.15, 0.2) is 41.4 Å². The number of halogens is 4. The summed E-state index contributed by atoms with van der Waals surface area (Å²) in [4.78, 5) is 15.4. The van der Waals surface area contributed by atoms with Crippen molar-refractivity contribution in [3.8, 4) is 0 Å². The van der Waals surface area contributed by atoms with Crippen LogP contribution < -0.4 is 4.90 Å². The van der Waals surface area contributed by atoms with E-state index in [0.29, 0.717) is 6.20 Å². The predicted molar refractivity (Wildman–Crippen MR) is 98.3 cm³/mol. The lowest BCUT2D eigenvalue weighted by atomic mass is 10.2. The maximum absolute atomic E-state index is 12.7. The molecule has 0 amide bonds. The first-order valence-corrected chi connectivity index (χ1v) is 10.0. The third-order valence-corrected chi connectivity index (χ3v) is 6.56. The van der Waals surface area contributed by atoms with Crippen molar-refractivity contribution in [2.45, 2.75) is 11.1 Å². The minimum absolute atomic E-state index is 0.0539. The number of piperazine rings is 1. The van der Waals surface area contributed by atoms with Crippen molar-refractivity contribution < 1.29 is 26.5 Å². The highest BCUT2D eigenvalue weighted by Crippen LogP contribution is 2.34. The van der Waals surface area contributed by atoms with Crippen LogP contribution in [-0.2, 0) is 16.2 Å². The van der Waals surface area contributed by atoms with E-state index in [2.05, 4.69) is 4.98 Å². The summed E-state index contributed by atoms with van der Waals surface area (Å²) in [6.45, 7) is 0.450. The van der Waals surface area contributed by atoms with Gasteiger partial charge in [0, 0.05) is 44.5 Å². The molecule has 1 fully saturated rings. The molecule has 1 aliphatic heterocycles. The van der Waals surface area contributed by atoms with E-state index >= 15 is 0 Å². The first kappa shape index (κ1) is 21.3. The van der Waals surface area contributed by atoms with Crippen molar-refractivity contribution in [3.05, 3.63) is 57.2 Å². The fourth-order valence-electron chi connectivity index (χ4n) is 2.85. The van der Waals surface area contributed by atoms with E-state index in [1.165, 1.54) is 4.31 Å². The molecule has 0 radical (unpaired) electrons. The molecule has 13 heteroatoms. The van der Waals surface area contributed by atoms with Crippen molar-refractivity contribution in [1.29, 1.82) is 0 Å². The number of nitro benzene ring substituents is 1. The van der Waals surface area contributed by atoms with Crippen LogP contribution in [0.2, 0.25) is 5.02 Å². The quantitative estimate of drug-likeness (QED) is 0.524. The molecule has 0 saturated carbocycles. The molecule has 0 aliphatic carbocycles. The van der Waals surface area contributed by atoms with Crippen LogP contribution in [0, 0.1) is 10.1 Å². The van der Waals surface area contributed by atoms with Gasteiger partial charge in [-0.1, -0.05) is 11.6 Å². The number of hydrogen-bond acceptors (Lipinski definition) is 6. The summed E-state index contributed by atoms with van der Waals surface area (Å²) in [6, 6.07) is 5.32. The summed E-state index contributed by atoms with van der Waals surface area (Å²) in [5.74, 6) is 0.145. The van der Waals surface area contributed by atoms with Gasteiger partial charge in [0.05, 0.1) is 20.4 Å². The van der Waals surface area contributed by atoms with Crippen molar-refractivity contribution in [2.75, 3.05) is 31.1 Å². The molecule has 2 heterocycles. The van der Waals surface area contributed by atoms with Crippen LogP contribution in [0.25, 0.3) is 0 Å². The Hall–Kier alpha value is -2.44. The predicted octanol–water partition coefficient (Wildman–Crippen LogP) is 3.17. The maximum atomic E-state index is 12.7. The molecule has 8 nitrogen and oxygen atoms in total. The molecule has 0 unspecified atom stereocenters. The van der Waals surface area contributed by atoms with Gasteiger partial charge in [-0.3, -0.25) is 10.1 Å². The van der Waals surface area contributed by atoms with Gasteiger partial charge in [-0.2, -0.15) is 17.5 Å². The highest BCUT2D eigenvalue weighted by atomic mass is 35.5. The van der Waals surface area contributed by atoms with Gasteiger partial charge in [-0.05, 0) is 18.2 Å². The molecule has 0 atom stereocenters. The molecular weight excluding hydrogens is 437 g/mol. The zero-order valence-electron chi connectivity index (χ0n) is 14.6. The van der Waals surface area contributed by atoms with Gasteiger partial charge in [0.15, 0.2) is 0 Å². The summed E-state index contributed by atoms with van der Waals surface area (Å²) in [7, 11) is -3.86. The molecule has 156 valence electrons. The molecule has 0 bridgehead atoms. The minimum atomic E-state index is -4.56. The molecule has 1 aromatic heterocycles. The molecule has 3 rings (SSSR count). The van der Waals surface area contributed by atoms with Crippen LogP contribution in [0.1, 0.15) is 5.56 Å². The van der Waals surface area contributed by atoms with Gasteiger partial charge in [0.25, 0.3) is 5.69 Å². The van der Waals surface area contributed by atoms with Crippen LogP contribution in [0.4, 0.5) is 24.7 Å². The number of pyridine rings is 1. The number of alkyl halides is 3. The Morgan fingerprint density at radius 3 is 2.17 bits per heavy atom. The lowest BCUT2D eigenvalue weighted by Crippen LogP contribution is -2.49.